The molecule has 0 aromatic heterocycles. The van der Waals surface area contributed by atoms with Crippen molar-refractivity contribution in [2.75, 3.05) is 26.1 Å². The summed E-state index contributed by atoms with van der Waals surface area (Å²) in [5.74, 6) is -0.380. The molecule has 0 spiro atoms. The van der Waals surface area contributed by atoms with Gasteiger partial charge in [0, 0.05) is 19.2 Å². The lowest BCUT2D eigenvalue weighted by Gasteiger charge is -2.20. The van der Waals surface area contributed by atoms with Crippen LogP contribution >= 0.6 is 0 Å². The van der Waals surface area contributed by atoms with Crippen molar-refractivity contribution in [1.29, 1.82) is 0 Å². The highest BCUT2D eigenvalue weighted by atomic mass is 19.1. The van der Waals surface area contributed by atoms with Gasteiger partial charge in [-0.3, -0.25) is 9.59 Å². The van der Waals surface area contributed by atoms with Crippen molar-refractivity contribution >= 4 is 17.5 Å². The average molecular weight is 422 g/mol. The second kappa shape index (κ2) is 10.2. The Morgan fingerprint density at radius 3 is 2.32 bits per heavy atom. The fourth-order valence-electron chi connectivity index (χ4n) is 3.03. The number of nitrogens with one attached hydrogen (secondary N) is 1. The molecule has 2 amide bonds. The van der Waals surface area contributed by atoms with Gasteiger partial charge in [-0.05, 0) is 30.3 Å². The monoisotopic (exact) mass is 422 g/mol. The number of halogens is 1. The van der Waals surface area contributed by atoms with Gasteiger partial charge in [-0.25, -0.2) is 4.39 Å². The van der Waals surface area contributed by atoms with Crippen LogP contribution in [0.2, 0.25) is 0 Å². The molecule has 0 aliphatic rings. The van der Waals surface area contributed by atoms with E-state index >= 15 is 0 Å². The maximum atomic E-state index is 13.7. The fraction of sp³-hybridized carbons (Fsp3) is 0.167. The zero-order valence-electron chi connectivity index (χ0n) is 17.3. The van der Waals surface area contributed by atoms with E-state index in [4.69, 9.17) is 9.47 Å². The summed E-state index contributed by atoms with van der Waals surface area (Å²) in [5, 5.41) is 2.45. The van der Waals surface area contributed by atoms with Gasteiger partial charge < -0.3 is 19.7 Å². The molecular weight excluding hydrogens is 399 g/mol. The number of carbonyl (C=O) groups excluding carboxylic acids is 2. The van der Waals surface area contributed by atoms with Gasteiger partial charge in [-0.15, -0.1) is 0 Å². The number of carbonyl (C=O) groups is 2. The smallest absolute Gasteiger partial charge is 0.262 e. The van der Waals surface area contributed by atoms with Gasteiger partial charge in [-0.1, -0.05) is 42.5 Å². The van der Waals surface area contributed by atoms with Crippen molar-refractivity contribution in [2.24, 2.45) is 0 Å². The maximum absolute atomic E-state index is 13.7. The Kier molecular flexibility index (Phi) is 7.22. The first kappa shape index (κ1) is 21.8. The molecule has 31 heavy (non-hydrogen) atoms. The molecular formula is C24H23FN2O4. The number of hydrogen-bond donors (Lipinski definition) is 1. The third-order valence-corrected chi connectivity index (χ3v) is 4.57. The summed E-state index contributed by atoms with van der Waals surface area (Å²) < 4.78 is 24.6. The van der Waals surface area contributed by atoms with E-state index in [9.17, 15) is 14.0 Å². The minimum absolute atomic E-state index is 0.0667. The molecule has 0 atom stereocenters. The topological polar surface area (TPSA) is 67.9 Å². The van der Waals surface area contributed by atoms with Crippen molar-refractivity contribution in [2.45, 2.75) is 6.54 Å². The first-order chi connectivity index (χ1) is 15.0. The minimum atomic E-state index is -0.538. The van der Waals surface area contributed by atoms with E-state index in [0.717, 1.165) is 5.56 Å². The summed E-state index contributed by atoms with van der Waals surface area (Å²) in [5.41, 5.74) is 1.25. The zero-order valence-corrected chi connectivity index (χ0v) is 17.3. The molecule has 0 heterocycles. The number of amides is 2. The summed E-state index contributed by atoms with van der Waals surface area (Å²) >= 11 is 0. The van der Waals surface area contributed by atoms with Gasteiger partial charge in [0.25, 0.3) is 11.8 Å². The van der Waals surface area contributed by atoms with Crippen LogP contribution in [0.15, 0.2) is 72.8 Å². The molecule has 1 N–H and O–H groups in total. The number of para-hydroxylation sites is 3. The van der Waals surface area contributed by atoms with Crippen molar-refractivity contribution in [3.63, 3.8) is 0 Å². The molecule has 0 unspecified atom stereocenters. The maximum Gasteiger partial charge on any atom is 0.262 e. The number of benzene rings is 3. The van der Waals surface area contributed by atoms with E-state index in [1.165, 1.54) is 18.2 Å². The third-order valence-electron chi connectivity index (χ3n) is 4.57. The highest BCUT2D eigenvalue weighted by molar-refractivity contribution is 5.97. The van der Waals surface area contributed by atoms with Gasteiger partial charge in [0.05, 0.1) is 18.4 Å². The highest BCUT2D eigenvalue weighted by Crippen LogP contribution is 2.23. The number of anilines is 1. The van der Waals surface area contributed by atoms with Crippen LogP contribution < -0.4 is 14.8 Å². The van der Waals surface area contributed by atoms with Crippen LogP contribution in [0.25, 0.3) is 0 Å². The van der Waals surface area contributed by atoms with Crippen molar-refractivity contribution in [3.05, 3.63) is 89.7 Å². The number of nitrogens with zero attached hydrogens (tertiary/aromatic N) is 1. The lowest BCUT2D eigenvalue weighted by molar-refractivity contribution is -0.118. The van der Waals surface area contributed by atoms with E-state index in [1.54, 1.807) is 49.4 Å². The third kappa shape index (κ3) is 5.60. The van der Waals surface area contributed by atoms with E-state index < -0.39 is 11.7 Å². The summed E-state index contributed by atoms with van der Waals surface area (Å²) in [4.78, 5) is 26.7. The number of methoxy groups -OCH3 is 1. The summed E-state index contributed by atoms with van der Waals surface area (Å²) in [6, 6.07) is 20.0. The Bertz CT molecular complexity index is 1070. The Morgan fingerprint density at radius 1 is 0.935 bits per heavy atom. The minimum Gasteiger partial charge on any atom is -0.496 e. The lowest BCUT2D eigenvalue weighted by atomic mass is 10.1. The molecule has 0 saturated carbocycles. The second-order valence-corrected chi connectivity index (χ2v) is 6.79. The molecule has 160 valence electrons. The number of rotatable bonds is 8. The van der Waals surface area contributed by atoms with Gasteiger partial charge in [0.2, 0.25) is 0 Å². The molecule has 3 rings (SSSR count). The first-order valence-corrected chi connectivity index (χ1v) is 9.63. The molecule has 0 saturated heterocycles. The quantitative estimate of drug-likeness (QED) is 0.593. The molecule has 3 aromatic carbocycles. The van der Waals surface area contributed by atoms with Gasteiger partial charge in [0.1, 0.15) is 17.3 Å². The van der Waals surface area contributed by atoms with Crippen molar-refractivity contribution in [3.8, 4) is 11.5 Å². The van der Waals surface area contributed by atoms with E-state index in [0.29, 0.717) is 17.9 Å². The summed E-state index contributed by atoms with van der Waals surface area (Å²) in [6.07, 6.45) is 0. The number of ether oxygens (including phenoxy) is 2. The Morgan fingerprint density at radius 2 is 1.58 bits per heavy atom. The van der Waals surface area contributed by atoms with Gasteiger partial charge in [-0.2, -0.15) is 0 Å². The predicted molar refractivity (Wildman–Crippen MR) is 116 cm³/mol. The fourth-order valence-corrected chi connectivity index (χ4v) is 3.03. The molecule has 0 bridgehead atoms. The van der Waals surface area contributed by atoms with Crippen LogP contribution in [0, 0.1) is 5.82 Å². The molecule has 0 aliphatic heterocycles. The molecule has 3 aromatic rings. The lowest BCUT2D eigenvalue weighted by Crippen LogP contribution is -2.27. The normalized spacial score (nSPS) is 10.3. The van der Waals surface area contributed by atoms with Crippen LogP contribution in [-0.4, -0.2) is 37.5 Å². The van der Waals surface area contributed by atoms with Gasteiger partial charge >= 0.3 is 0 Å². The van der Waals surface area contributed by atoms with Crippen LogP contribution in [0.3, 0.4) is 0 Å². The molecule has 0 radical (unpaired) electrons. The molecule has 7 heteroatoms. The average Bonchev–Trinajstić information content (AvgIpc) is 2.79. The van der Waals surface area contributed by atoms with Crippen LogP contribution in [0.5, 0.6) is 11.5 Å². The first-order valence-electron chi connectivity index (χ1n) is 9.63. The summed E-state index contributed by atoms with van der Waals surface area (Å²) in [7, 11) is 3.26. The van der Waals surface area contributed by atoms with Crippen LogP contribution in [0.1, 0.15) is 15.9 Å². The number of hydrogen-bond acceptors (Lipinski definition) is 4. The SMILES string of the molecule is COc1ccccc1CN(C)C(=O)c1ccccc1OCC(=O)Nc1ccccc1F. The van der Waals surface area contributed by atoms with E-state index in [2.05, 4.69) is 5.32 Å². The highest BCUT2D eigenvalue weighted by Gasteiger charge is 2.19. The van der Waals surface area contributed by atoms with Gasteiger partial charge in [0.15, 0.2) is 6.61 Å². The summed E-state index contributed by atoms with van der Waals surface area (Å²) in [6.45, 7) is -0.0280. The van der Waals surface area contributed by atoms with E-state index in [1.807, 2.05) is 24.3 Å². The molecule has 0 fully saturated rings. The zero-order chi connectivity index (χ0) is 22.2. The van der Waals surface area contributed by atoms with Crippen molar-refractivity contribution in [1.82, 2.24) is 4.90 Å². The Labute approximate surface area is 180 Å². The molecule has 6 nitrogen and oxygen atoms in total. The van der Waals surface area contributed by atoms with Crippen LogP contribution in [0.4, 0.5) is 10.1 Å². The van der Waals surface area contributed by atoms with E-state index in [-0.39, 0.29) is 24.0 Å². The Balaban J connectivity index is 1.67. The standard InChI is InChI=1S/C24H23FN2O4/c1-27(15-17-9-3-7-13-21(17)30-2)24(29)18-10-4-8-14-22(18)31-16-23(28)26-20-12-6-5-11-19(20)25/h3-14H,15-16H2,1-2H3,(H,26,28). The predicted octanol–water partition coefficient (Wildman–Crippen LogP) is 4.12. The largest absolute Gasteiger partial charge is 0.496 e. The van der Waals surface area contributed by atoms with Crippen LogP contribution in [-0.2, 0) is 11.3 Å². The molecule has 0 aliphatic carbocycles. The Hall–Kier alpha value is -3.87. The second-order valence-electron chi connectivity index (χ2n) is 6.79. The van der Waals surface area contributed by atoms with Crippen molar-refractivity contribution < 1.29 is 23.5 Å².